The molecule has 1 heterocycles. The molecule has 0 unspecified atom stereocenters. The van der Waals surface area contributed by atoms with Crippen LogP contribution in [-0.2, 0) is 0 Å². The topological polar surface area (TPSA) is 75.4 Å². The second-order valence-electron chi connectivity index (χ2n) is 3.81. The van der Waals surface area contributed by atoms with E-state index in [4.69, 9.17) is 4.52 Å². The molecule has 17 heavy (non-hydrogen) atoms. The standard InChI is InChI=1S/C12H12N2O3/c1-7-3-4-9(10(15)5-7)12(16)13-11-6-8(2)14-17-11/h3-6,15H,1-2H3,(H,13,16). The summed E-state index contributed by atoms with van der Waals surface area (Å²) in [5.41, 5.74) is 1.76. The number of benzene rings is 1. The molecule has 1 amide bonds. The van der Waals surface area contributed by atoms with Gasteiger partial charge >= 0.3 is 0 Å². The lowest BCUT2D eigenvalue weighted by atomic mass is 10.1. The molecule has 1 aromatic heterocycles. The Morgan fingerprint density at radius 3 is 2.71 bits per heavy atom. The molecule has 2 N–H and O–H groups in total. The normalized spacial score (nSPS) is 10.2. The zero-order chi connectivity index (χ0) is 12.4. The summed E-state index contributed by atoms with van der Waals surface area (Å²) in [6, 6.07) is 6.44. The van der Waals surface area contributed by atoms with Gasteiger partial charge in [0.25, 0.3) is 5.91 Å². The molecule has 1 aromatic carbocycles. The summed E-state index contributed by atoms with van der Waals surface area (Å²) in [5, 5.41) is 15.8. The van der Waals surface area contributed by atoms with Crippen molar-refractivity contribution in [2.45, 2.75) is 13.8 Å². The van der Waals surface area contributed by atoms with Crippen molar-refractivity contribution < 1.29 is 14.4 Å². The molecule has 5 heteroatoms. The smallest absolute Gasteiger partial charge is 0.261 e. The number of phenolic OH excluding ortho intramolecular Hbond substituents is 1. The van der Waals surface area contributed by atoms with Gasteiger partial charge in [0, 0.05) is 6.07 Å². The number of nitrogens with one attached hydrogen (secondary N) is 1. The van der Waals surface area contributed by atoms with Crippen LogP contribution in [0.25, 0.3) is 0 Å². The third-order valence-corrected chi connectivity index (χ3v) is 2.26. The summed E-state index contributed by atoms with van der Waals surface area (Å²) in [6.45, 7) is 3.59. The average Bonchev–Trinajstić information content (AvgIpc) is 2.63. The van der Waals surface area contributed by atoms with Gasteiger partial charge in [-0.15, -0.1) is 0 Å². The fourth-order valence-corrected chi connectivity index (χ4v) is 1.44. The van der Waals surface area contributed by atoms with E-state index in [-0.39, 0.29) is 17.2 Å². The maximum atomic E-state index is 11.8. The number of amides is 1. The highest BCUT2D eigenvalue weighted by Crippen LogP contribution is 2.20. The molecule has 88 valence electrons. The molecule has 0 aliphatic rings. The summed E-state index contributed by atoms with van der Waals surface area (Å²) in [6.07, 6.45) is 0. The second kappa shape index (κ2) is 4.29. The van der Waals surface area contributed by atoms with Crippen molar-refractivity contribution in [2.24, 2.45) is 0 Å². The van der Waals surface area contributed by atoms with E-state index in [2.05, 4.69) is 10.5 Å². The molecular weight excluding hydrogens is 220 g/mol. The SMILES string of the molecule is Cc1ccc(C(=O)Nc2cc(C)no2)c(O)c1. The Hall–Kier alpha value is -2.30. The van der Waals surface area contributed by atoms with E-state index in [0.29, 0.717) is 5.69 Å². The Bertz CT molecular complexity index is 561. The first kappa shape index (κ1) is 11.2. The van der Waals surface area contributed by atoms with E-state index in [1.165, 1.54) is 6.07 Å². The summed E-state index contributed by atoms with van der Waals surface area (Å²) < 4.78 is 4.86. The van der Waals surface area contributed by atoms with Crippen molar-refractivity contribution in [1.82, 2.24) is 5.16 Å². The Morgan fingerprint density at radius 2 is 2.12 bits per heavy atom. The van der Waals surface area contributed by atoms with Crippen molar-refractivity contribution in [1.29, 1.82) is 0 Å². The summed E-state index contributed by atoms with van der Waals surface area (Å²) in [5.74, 6) is -0.232. The number of aromatic hydroxyl groups is 1. The Balaban J connectivity index is 2.20. The van der Waals surface area contributed by atoms with E-state index < -0.39 is 5.91 Å². The molecule has 0 bridgehead atoms. The highest BCUT2D eigenvalue weighted by atomic mass is 16.5. The highest BCUT2D eigenvalue weighted by molar-refractivity contribution is 6.05. The lowest BCUT2D eigenvalue weighted by Gasteiger charge is -2.04. The quantitative estimate of drug-likeness (QED) is 0.832. The van der Waals surface area contributed by atoms with Crippen LogP contribution in [0.15, 0.2) is 28.8 Å². The maximum absolute atomic E-state index is 11.8. The summed E-state index contributed by atoms with van der Waals surface area (Å²) in [4.78, 5) is 11.8. The largest absolute Gasteiger partial charge is 0.507 e. The van der Waals surface area contributed by atoms with Gasteiger partial charge < -0.3 is 9.63 Å². The number of hydrogen-bond acceptors (Lipinski definition) is 4. The lowest BCUT2D eigenvalue weighted by molar-refractivity contribution is 0.102. The van der Waals surface area contributed by atoms with Gasteiger partial charge in [0.2, 0.25) is 5.88 Å². The number of phenols is 1. The molecule has 0 saturated carbocycles. The molecule has 0 aliphatic heterocycles. The minimum atomic E-state index is -0.432. The van der Waals surface area contributed by atoms with Gasteiger partial charge in [0.1, 0.15) is 5.75 Å². The number of aryl methyl sites for hydroxylation is 2. The minimum absolute atomic E-state index is 0.0567. The van der Waals surface area contributed by atoms with E-state index in [1.807, 2.05) is 6.92 Å². The highest BCUT2D eigenvalue weighted by Gasteiger charge is 2.13. The Kier molecular flexibility index (Phi) is 2.82. The third kappa shape index (κ3) is 2.44. The Morgan fingerprint density at radius 1 is 1.35 bits per heavy atom. The molecule has 0 radical (unpaired) electrons. The van der Waals surface area contributed by atoms with Crippen LogP contribution in [0.4, 0.5) is 5.88 Å². The van der Waals surface area contributed by atoms with Crippen LogP contribution in [0.1, 0.15) is 21.6 Å². The second-order valence-corrected chi connectivity index (χ2v) is 3.81. The van der Waals surface area contributed by atoms with E-state index in [0.717, 1.165) is 5.56 Å². The van der Waals surface area contributed by atoms with Crippen LogP contribution in [0.5, 0.6) is 5.75 Å². The fraction of sp³-hybridized carbons (Fsp3) is 0.167. The van der Waals surface area contributed by atoms with E-state index >= 15 is 0 Å². The van der Waals surface area contributed by atoms with Crippen molar-refractivity contribution in [2.75, 3.05) is 5.32 Å². The third-order valence-electron chi connectivity index (χ3n) is 2.26. The first-order chi connectivity index (χ1) is 8.06. The van der Waals surface area contributed by atoms with Crippen LogP contribution < -0.4 is 5.32 Å². The molecule has 0 spiro atoms. The van der Waals surface area contributed by atoms with Crippen LogP contribution in [0, 0.1) is 13.8 Å². The summed E-state index contributed by atoms with van der Waals surface area (Å²) >= 11 is 0. The van der Waals surface area contributed by atoms with E-state index in [9.17, 15) is 9.90 Å². The van der Waals surface area contributed by atoms with Gasteiger partial charge in [-0.1, -0.05) is 11.2 Å². The van der Waals surface area contributed by atoms with Crippen molar-refractivity contribution in [3.8, 4) is 5.75 Å². The van der Waals surface area contributed by atoms with Gasteiger partial charge in [0.05, 0.1) is 11.3 Å². The average molecular weight is 232 g/mol. The van der Waals surface area contributed by atoms with Gasteiger partial charge in [-0.3, -0.25) is 10.1 Å². The van der Waals surface area contributed by atoms with Crippen molar-refractivity contribution in [3.05, 3.63) is 41.1 Å². The number of rotatable bonds is 2. The summed E-state index contributed by atoms with van der Waals surface area (Å²) in [7, 11) is 0. The zero-order valence-corrected chi connectivity index (χ0v) is 9.52. The molecule has 5 nitrogen and oxygen atoms in total. The van der Waals surface area contributed by atoms with Crippen LogP contribution in [-0.4, -0.2) is 16.2 Å². The van der Waals surface area contributed by atoms with Gasteiger partial charge in [0.15, 0.2) is 0 Å². The van der Waals surface area contributed by atoms with Crippen molar-refractivity contribution in [3.63, 3.8) is 0 Å². The molecular formula is C12H12N2O3. The molecule has 0 aliphatic carbocycles. The monoisotopic (exact) mass is 232 g/mol. The number of carbonyl (C=O) groups excluding carboxylic acids is 1. The number of carbonyl (C=O) groups is 1. The molecule has 0 saturated heterocycles. The lowest BCUT2D eigenvalue weighted by Crippen LogP contribution is -2.11. The van der Waals surface area contributed by atoms with Crippen molar-refractivity contribution >= 4 is 11.8 Å². The van der Waals surface area contributed by atoms with Gasteiger partial charge in [-0.25, -0.2) is 0 Å². The van der Waals surface area contributed by atoms with Gasteiger partial charge in [-0.2, -0.15) is 0 Å². The first-order valence-electron chi connectivity index (χ1n) is 5.10. The predicted molar refractivity (Wildman–Crippen MR) is 62.0 cm³/mol. The number of aromatic nitrogens is 1. The molecule has 2 aromatic rings. The zero-order valence-electron chi connectivity index (χ0n) is 9.52. The maximum Gasteiger partial charge on any atom is 0.261 e. The van der Waals surface area contributed by atoms with Gasteiger partial charge in [-0.05, 0) is 31.5 Å². The predicted octanol–water partition coefficient (Wildman–Crippen LogP) is 2.25. The first-order valence-corrected chi connectivity index (χ1v) is 5.10. The number of anilines is 1. The fourth-order valence-electron chi connectivity index (χ4n) is 1.44. The molecule has 0 atom stereocenters. The molecule has 0 fully saturated rings. The van der Waals surface area contributed by atoms with Crippen LogP contribution in [0.2, 0.25) is 0 Å². The number of nitrogens with zero attached hydrogens (tertiary/aromatic N) is 1. The Labute approximate surface area is 98.1 Å². The minimum Gasteiger partial charge on any atom is -0.507 e. The van der Waals surface area contributed by atoms with Crippen LogP contribution in [0.3, 0.4) is 0 Å². The van der Waals surface area contributed by atoms with E-state index in [1.54, 1.807) is 25.1 Å². The van der Waals surface area contributed by atoms with Crippen LogP contribution >= 0.6 is 0 Å². The molecule has 2 rings (SSSR count). The number of hydrogen-bond donors (Lipinski definition) is 2.